The number of halogens is 3. The highest BCUT2D eigenvalue weighted by molar-refractivity contribution is 6.67. The van der Waals surface area contributed by atoms with Crippen molar-refractivity contribution >= 4 is 47.0 Å². The second-order valence-electron chi connectivity index (χ2n) is 7.28. The van der Waals surface area contributed by atoms with Crippen molar-refractivity contribution < 1.29 is 19.1 Å². The zero-order valence-corrected chi connectivity index (χ0v) is 16.2. The molecule has 2 aliphatic rings. The molecule has 2 amide bonds. The van der Waals surface area contributed by atoms with E-state index in [1.165, 1.54) is 0 Å². The maximum absolute atomic E-state index is 12.4. The first kappa shape index (κ1) is 19.7. The molecule has 2 fully saturated rings. The molecular formula is C15H23Cl3N2O4. The number of piperidine rings is 1. The minimum absolute atomic E-state index is 0.0657. The van der Waals surface area contributed by atoms with Crippen molar-refractivity contribution in [3.8, 4) is 0 Å². The predicted octanol–water partition coefficient (Wildman–Crippen LogP) is 4.01. The lowest BCUT2D eigenvalue weighted by Crippen LogP contribution is -2.53. The highest BCUT2D eigenvalue weighted by Crippen LogP contribution is 2.37. The molecule has 9 heteroatoms. The zero-order valence-electron chi connectivity index (χ0n) is 14.0. The summed E-state index contributed by atoms with van der Waals surface area (Å²) in [5.41, 5.74) is -0.521. The first-order chi connectivity index (χ1) is 10.9. The molecule has 6 nitrogen and oxygen atoms in total. The third-order valence-corrected chi connectivity index (χ3v) is 4.35. The van der Waals surface area contributed by atoms with Crippen LogP contribution in [-0.4, -0.2) is 51.2 Å². The van der Waals surface area contributed by atoms with Gasteiger partial charge >= 0.3 is 12.2 Å². The van der Waals surface area contributed by atoms with Crippen LogP contribution in [0.3, 0.4) is 0 Å². The maximum Gasteiger partial charge on any atom is 0.410 e. The number of carbonyl (C=O) groups excluding carboxylic acids is 2. The number of rotatable bonds is 2. The van der Waals surface area contributed by atoms with Gasteiger partial charge in [-0.1, -0.05) is 34.8 Å². The fourth-order valence-electron chi connectivity index (χ4n) is 3.26. The maximum atomic E-state index is 12.4. The summed E-state index contributed by atoms with van der Waals surface area (Å²) in [5, 5.41) is 2.78. The lowest BCUT2D eigenvalue weighted by molar-refractivity contribution is 0.00482. The second-order valence-corrected chi connectivity index (χ2v) is 9.79. The van der Waals surface area contributed by atoms with Crippen LogP contribution in [0.5, 0.6) is 0 Å². The smallest absolute Gasteiger partial charge is 0.410 e. The minimum atomic E-state index is -1.63. The standard InChI is InChI=1S/C15H23Cl3N2O4/c1-14(2,3)24-13(22)20-10-4-5-11(20)7-9(6-10)19-12(21)23-8-15(16,17)18/h9-11H,4-8H2,1-3H3,(H,19,21)/t9?,10-,11+. The van der Waals surface area contributed by atoms with Crippen molar-refractivity contribution in [3.05, 3.63) is 0 Å². The van der Waals surface area contributed by atoms with Crippen LogP contribution in [-0.2, 0) is 9.47 Å². The molecule has 0 radical (unpaired) electrons. The van der Waals surface area contributed by atoms with E-state index in [1.807, 2.05) is 25.7 Å². The molecule has 2 saturated heterocycles. The summed E-state index contributed by atoms with van der Waals surface area (Å²) >= 11 is 16.7. The summed E-state index contributed by atoms with van der Waals surface area (Å²) in [6, 6.07) is 0.0678. The number of carbonyl (C=O) groups is 2. The number of alkyl halides is 3. The van der Waals surface area contributed by atoms with Gasteiger partial charge in [-0.05, 0) is 46.5 Å². The molecule has 2 bridgehead atoms. The van der Waals surface area contributed by atoms with Crippen molar-refractivity contribution in [1.29, 1.82) is 0 Å². The molecule has 138 valence electrons. The number of fused-ring (bicyclic) bond motifs is 2. The van der Waals surface area contributed by atoms with Gasteiger partial charge in [0.1, 0.15) is 12.2 Å². The van der Waals surface area contributed by atoms with E-state index < -0.39 is 15.5 Å². The van der Waals surface area contributed by atoms with Gasteiger partial charge < -0.3 is 19.7 Å². The molecule has 0 aromatic rings. The van der Waals surface area contributed by atoms with E-state index >= 15 is 0 Å². The summed E-state index contributed by atoms with van der Waals surface area (Å²) in [4.78, 5) is 26.0. The molecule has 3 atom stereocenters. The van der Waals surface area contributed by atoms with Crippen molar-refractivity contribution in [1.82, 2.24) is 10.2 Å². The Morgan fingerprint density at radius 1 is 1.12 bits per heavy atom. The largest absolute Gasteiger partial charge is 0.445 e. The molecular weight excluding hydrogens is 379 g/mol. The van der Waals surface area contributed by atoms with Crippen LogP contribution >= 0.6 is 34.8 Å². The SMILES string of the molecule is CC(C)(C)OC(=O)N1[C@@H]2CC[C@H]1CC(NC(=O)OCC(Cl)(Cl)Cl)C2. The number of amides is 2. The van der Waals surface area contributed by atoms with Crippen molar-refractivity contribution in [3.63, 3.8) is 0 Å². The number of nitrogens with zero attached hydrogens (tertiary/aromatic N) is 1. The van der Waals surface area contributed by atoms with E-state index in [0.717, 1.165) is 12.8 Å². The minimum Gasteiger partial charge on any atom is -0.445 e. The van der Waals surface area contributed by atoms with Crippen LogP contribution in [0.2, 0.25) is 0 Å². The Labute approximate surface area is 157 Å². The van der Waals surface area contributed by atoms with Crippen LogP contribution in [0, 0.1) is 0 Å². The van der Waals surface area contributed by atoms with E-state index in [-0.39, 0.29) is 30.8 Å². The monoisotopic (exact) mass is 400 g/mol. The third kappa shape index (κ3) is 5.74. The normalized spacial score (nSPS) is 26.9. The molecule has 1 unspecified atom stereocenters. The van der Waals surface area contributed by atoms with Gasteiger partial charge in [-0.15, -0.1) is 0 Å². The Morgan fingerprint density at radius 3 is 2.12 bits per heavy atom. The average molecular weight is 402 g/mol. The summed E-state index contributed by atoms with van der Waals surface area (Å²) < 4.78 is 8.74. The molecule has 2 aliphatic heterocycles. The first-order valence-electron chi connectivity index (χ1n) is 7.96. The Bertz CT molecular complexity index is 476. The summed E-state index contributed by atoms with van der Waals surface area (Å²) in [6.07, 6.45) is 2.25. The number of hydrogen-bond donors (Lipinski definition) is 1. The molecule has 1 N–H and O–H groups in total. The Kier molecular flexibility index (Phi) is 6.03. The van der Waals surface area contributed by atoms with Gasteiger partial charge in [0.2, 0.25) is 3.79 Å². The molecule has 0 aromatic heterocycles. The third-order valence-electron chi connectivity index (χ3n) is 4.03. The Balaban J connectivity index is 1.86. The van der Waals surface area contributed by atoms with E-state index in [1.54, 1.807) is 0 Å². The zero-order chi connectivity index (χ0) is 18.1. The van der Waals surface area contributed by atoms with Gasteiger partial charge in [-0.2, -0.15) is 0 Å². The predicted molar refractivity (Wildman–Crippen MR) is 92.7 cm³/mol. The van der Waals surface area contributed by atoms with Gasteiger partial charge in [-0.3, -0.25) is 0 Å². The number of nitrogens with one attached hydrogen (secondary N) is 1. The van der Waals surface area contributed by atoms with E-state index in [4.69, 9.17) is 44.3 Å². The van der Waals surface area contributed by atoms with Gasteiger partial charge in [0, 0.05) is 18.1 Å². The Morgan fingerprint density at radius 2 is 1.67 bits per heavy atom. The topological polar surface area (TPSA) is 67.9 Å². The summed E-state index contributed by atoms with van der Waals surface area (Å²) in [5.74, 6) is 0. The number of hydrogen-bond acceptors (Lipinski definition) is 4. The van der Waals surface area contributed by atoms with E-state index in [9.17, 15) is 9.59 Å². The average Bonchev–Trinajstić information content (AvgIpc) is 2.66. The quantitative estimate of drug-likeness (QED) is 0.710. The number of alkyl carbamates (subject to hydrolysis) is 1. The van der Waals surface area contributed by atoms with Crippen LogP contribution in [0.15, 0.2) is 0 Å². The van der Waals surface area contributed by atoms with Gasteiger partial charge in [-0.25, -0.2) is 9.59 Å². The highest BCUT2D eigenvalue weighted by atomic mass is 35.6. The second kappa shape index (κ2) is 7.34. The van der Waals surface area contributed by atoms with E-state index in [2.05, 4.69) is 5.32 Å². The van der Waals surface area contributed by atoms with Crippen molar-refractivity contribution in [2.24, 2.45) is 0 Å². The molecule has 0 aromatic carbocycles. The summed E-state index contributed by atoms with van der Waals surface area (Å²) in [6.45, 7) is 5.23. The van der Waals surface area contributed by atoms with Crippen molar-refractivity contribution in [2.45, 2.75) is 74.0 Å². The lowest BCUT2D eigenvalue weighted by atomic mass is 9.98. The molecule has 0 aliphatic carbocycles. The van der Waals surface area contributed by atoms with E-state index in [0.29, 0.717) is 12.8 Å². The van der Waals surface area contributed by atoms with Gasteiger partial charge in [0.05, 0.1) is 0 Å². The first-order valence-corrected chi connectivity index (χ1v) is 9.09. The molecule has 2 rings (SSSR count). The van der Waals surface area contributed by atoms with Crippen LogP contribution in [0.1, 0.15) is 46.5 Å². The molecule has 0 saturated carbocycles. The van der Waals surface area contributed by atoms with Crippen molar-refractivity contribution in [2.75, 3.05) is 6.61 Å². The molecule has 0 spiro atoms. The fraction of sp³-hybridized carbons (Fsp3) is 0.867. The molecule has 2 heterocycles. The highest BCUT2D eigenvalue weighted by Gasteiger charge is 2.45. The Hall–Kier alpha value is -0.590. The van der Waals surface area contributed by atoms with Crippen LogP contribution in [0.4, 0.5) is 9.59 Å². The molecule has 24 heavy (non-hydrogen) atoms. The summed E-state index contributed by atoms with van der Waals surface area (Å²) in [7, 11) is 0. The number of ether oxygens (including phenoxy) is 2. The van der Waals surface area contributed by atoms with Gasteiger partial charge in [0.25, 0.3) is 0 Å². The van der Waals surface area contributed by atoms with Gasteiger partial charge in [0.15, 0.2) is 0 Å². The van der Waals surface area contributed by atoms with Crippen LogP contribution < -0.4 is 5.32 Å². The fourth-order valence-corrected chi connectivity index (χ4v) is 3.43. The lowest BCUT2D eigenvalue weighted by Gasteiger charge is -2.39. The van der Waals surface area contributed by atoms with Crippen LogP contribution in [0.25, 0.3) is 0 Å².